The van der Waals surface area contributed by atoms with Crippen LogP contribution >= 0.6 is 0 Å². The summed E-state index contributed by atoms with van der Waals surface area (Å²) in [6.07, 6.45) is 3.99. The number of rotatable bonds is 2. The van der Waals surface area contributed by atoms with Crippen LogP contribution in [0.15, 0.2) is 17.1 Å². The first-order valence-corrected chi connectivity index (χ1v) is 4.26. The molecule has 0 aliphatic heterocycles. The molecule has 0 fully saturated rings. The Morgan fingerprint density at radius 2 is 2.15 bits per heavy atom. The number of nitrogens with zero attached hydrogens (tertiary/aromatic N) is 2. The van der Waals surface area contributed by atoms with Gasteiger partial charge in [-0.3, -0.25) is 0 Å². The number of aromatic nitrogens is 1. The van der Waals surface area contributed by atoms with Gasteiger partial charge in [0.05, 0.1) is 0 Å². The lowest BCUT2D eigenvalue weighted by Crippen LogP contribution is -1.89. The van der Waals surface area contributed by atoms with Crippen molar-refractivity contribution in [2.75, 3.05) is 0 Å². The molecule has 0 amide bonds. The van der Waals surface area contributed by atoms with Crippen LogP contribution in [0.1, 0.15) is 23.7 Å². The van der Waals surface area contributed by atoms with Crippen molar-refractivity contribution in [1.82, 2.24) is 4.98 Å². The Hall–Kier alpha value is -1.44. The molecule has 2 nitrogen and oxygen atoms in total. The first-order chi connectivity index (χ1) is 6.19. The highest BCUT2D eigenvalue weighted by molar-refractivity contribution is 5.65. The Labute approximate surface area is 79.0 Å². The number of aryl methyl sites for hydroxylation is 2. The molecule has 1 heterocycles. The lowest BCUT2D eigenvalue weighted by Gasteiger charge is -2.04. The third kappa shape index (κ3) is 2.02. The fourth-order valence-electron chi connectivity index (χ4n) is 1.32. The van der Waals surface area contributed by atoms with Gasteiger partial charge in [0.15, 0.2) is 5.82 Å². The van der Waals surface area contributed by atoms with Gasteiger partial charge in [-0.05, 0) is 39.1 Å². The molecule has 0 aliphatic carbocycles. The average Bonchev–Trinajstić information content (AvgIpc) is 2.09. The Morgan fingerprint density at radius 1 is 1.46 bits per heavy atom. The molecule has 0 radical (unpaired) electrons. The molecule has 1 rings (SSSR count). The van der Waals surface area contributed by atoms with E-state index in [1.54, 1.807) is 0 Å². The topological polar surface area (TPSA) is 25.2 Å². The van der Waals surface area contributed by atoms with Crippen molar-refractivity contribution in [3.63, 3.8) is 0 Å². The molecule has 0 saturated carbocycles. The Morgan fingerprint density at radius 3 is 2.69 bits per heavy atom. The van der Waals surface area contributed by atoms with Crippen molar-refractivity contribution < 1.29 is 0 Å². The summed E-state index contributed by atoms with van der Waals surface area (Å²) in [6, 6.07) is 2.05. The van der Waals surface area contributed by atoms with Crippen molar-refractivity contribution in [3.8, 4) is 0 Å². The summed E-state index contributed by atoms with van der Waals surface area (Å²) in [5.74, 6) is 0.718. The second-order valence-electron chi connectivity index (χ2n) is 2.98. The van der Waals surface area contributed by atoms with E-state index in [2.05, 4.69) is 23.6 Å². The Kier molecular flexibility index (Phi) is 2.96. The summed E-state index contributed by atoms with van der Waals surface area (Å²) in [5.41, 5.74) is 3.23. The van der Waals surface area contributed by atoms with Gasteiger partial charge in [-0.2, -0.15) is 0 Å². The number of pyridine rings is 1. The van der Waals surface area contributed by atoms with Gasteiger partial charge < -0.3 is 0 Å². The van der Waals surface area contributed by atoms with Crippen molar-refractivity contribution in [3.05, 3.63) is 29.0 Å². The van der Waals surface area contributed by atoms with E-state index in [1.165, 1.54) is 5.56 Å². The summed E-state index contributed by atoms with van der Waals surface area (Å²) in [6.45, 7) is 9.50. The van der Waals surface area contributed by atoms with E-state index in [0.29, 0.717) is 0 Å². The van der Waals surface area contributed by atoms with E-state index < -0.39 is 0 Å². The molecule has 0 N–H and O–H groups in total. The van der Waals surface area contributed by atoms with Crippen LogP contribution in [0.3, 0.4) is 0 Å². The van der Waals surface area contributed by atoms with E-state index in [0.717, 1.165) is 17.1 Å². The highest BCUT2D eigenvalue weighted by Crippen LogP contribution is 2.22. The van der Waals surface area contributed by atoms with Crippen molar-refractivity contribution >= 4 is 18.6 Å². The minimum absolute atomic E-state index is 0.718. The molecule has 0 unspecified atom stereocenters. The molecular formula is C11H14N2. The van der Waals surface area contributed by atoms with Crippen LogP contribution in [0, 0.1) is 13.8 Å². The summed E-state index contributed by atoms with van der Waals surface area (Å²) >= 11 is 0. The average molecular weight is 174 g/mol. The van der Waals surface area contributed by atoms with Gasteiger partial charge in [-0.25, -0.2) is 9.98 Å². The molecule has 1 aromatic rings. The van der Waals surface area contributed by atoms with Gasteiger partial charge in [-0.1, -0.05) is 12.2 Å². The molecule has 0 saturated heterocycles. The van der Waals surface area contributed by atoms with Crippen molar-refractivity contribution in [1.29, 1.82) is 0 Å². The van der Waals surface area contributed by atoms with Crippen LogP contribution in [-0.2, 0) is 0 Å². The van der Waals surface area contributed by atoms with Gasteiger partial charge in [0.1, 0.15) is 0 Å². The van der Waals surface area contributed by atoms with Gasteiger partial charge in [0.25, 0.3) is 0 Å². The summed E-state index contributed by atoms with van der Waals surface area (Å²) < 4.78 is 0. The number of aliphatic imine (C=N–C) groups is 1. The maximum absolute atomic E-state index is 4.29. The van der Waals surface area contributed by atoms with Crippen LogP contribution in [0.25, 0.3) is 6.08 Å². The first-order valence-electron chi connectivity index (χ1n) is 4.26. The SMILES string of the molecule is C=Nc1nc(C)cc(C)c1/C=C\C. The summed E-state index contributed by atoms with van der Waals surface area (Å²) in [5, 5.41) is 0. The van der Waals surface area contributed by atoms with Crippen molar-refractivity contribution in [2.45, 2.75) is 20.8 Å². The van der Waals surface area contributed by atoms with E-state index >= 15 is 0 Å². The molecule has 0 aromatic carbocycles. The highest BCUT2D eigenvalue weighted by atomic mass is 14.9. The fourth-order valence-corrected chi connectivity index (χ4v) is 1.32. The van der Waals surface area contributed by atoms with E-state index in [9.17, 15) is 0 Å². The Balaban J connectivity index is 3.37. The zero-order chi connectivity index (χ0) is 9.84. The predicted molar refractivity (Wildman–Crippen MR) is 57.6 cm³/mol. The molecule has 1 aromatic heterocycles. The lowest BCUT2D eigenvalue weighted by molar-refractivity contribution is 1.15. The molecule has 68 valence electrons. The highest BCUT2D eigenvalue weighted by Gasteiger charge is 2.03. The monoisotopic (exact) mass is 174 g/mol. The number of allylic oxidation sites excluding steroid dienone is 1. The molecule has 13 heavy (non-hydrogen) atoms. The van der Waals surface area contributed by atoms with E-state index in [4.69, 9.17) is 0 Å². The van der Waals surface area contributed by atoms with E-state index in [1.807, 2.05) is 32.1 Å². The zero-order valence-corrected chi connectivity index (χ0v) is 8.33. The van der Waals surface area contributed by atoms with Crippen LogP contribution < -0.4 is 0 Å². The predicted octanol–water partition coefficient (Wildman–Crippen LogP) is 3.06. The summed E-state index contributed by atoms with van der Waals surface area (Å²) in [7, 11) is 0. The number of hydrogen-bond acceptors (Lipinski definition) is 2. The van der Waals surface area contributed by atoms with Crippen LogP contribution in [0.4, 0.5) is 5.82 Å². The molecule has 2 heteroatoms. The van der Waals surface area contributed by atoms with Gasteiger partial charge in [0.2, 0.25) is 0 Å². The normalized spacial score (nSPS) is 10.7. The minimum Gasteiger partial charge on any atom is -0.245 e. The fraction of sp³-hybridized carbons (Fsp3) is 0.273. The van der Waals surface area contributed by atoms with Gasteiger partial charge >= 0.3 is 0 Å². The third-order valence-electron chi connectivity index (χ3n) is 1.86. The van der Waals surface area contributed by atoms with Crippen LogP contribution in [-0.4, -0.2) is 11.7 Å². The lowest BCUT2D eigenvalue weighted by atomic mass is 10.1. The zero-order valence-electron chi connectivity index (χ0n) is 8.33. The molecule has 0 bridgehead atoms. The second kappa shape index (κ2) is 3.99. The second-order valence-corrected chi connectivity index (χ2v) is 2.98. The van der Waals surface area contributed by atoms with E-state index in [-0.39, 0.29) is 0 Å². The van der Waals surface area contributed by atoms with Gasteiger partial charge in [-0.15, -0.1) is 0 Å². The standard InChI is InChI=1S/C11H14N2/c1-5-6-10-8(2)7-9(3)13-11(10)12-4/h5-7H,4H2,1-3H3/b6-5-. The van der Waals surface area contributed by atoms with Gasteiger partial charge in [0, 0.05) is 11.3 Å². The third-order valence-corrected chi connectivity index (χ3v) is 1.86. The smallest absolute Gasteiger partial charge is 0.159 e. The molecular weight excluding hydrogens is 160 g/mol. The maximum Gasteiger partial charge on any atom is 0.159 e. The maximum atomic E-state index is 4.29. The van der Waals surface area contributed by atoms with Crippen LogP contribution in [0.5, 0.6) is 0 Å². The van der Waals surface area contributed by atoms with Crippen LogP contribution in [0.2, 0.25) is 0 Å². The quantitative estimate of drug-likeness (QED) is 0.632. The molecule has 0 aliphatic rings. The largest absolute Gasteiger partial charge is 0.245 e. The Bertz CT molecular complexity index is 351. The summed E-state index contributed by atoms with van der Waals surface area (Å²) in [4.78, 5) is 8.19. The molecule has 0 spiro atoms. The first kappa shape index (κ1) is 9.65. The number of hydrogen-bond donors (Lipinski definition) is 0. The molecule has 0 atom stereocenters. The van der Waals surface area contributed by atoms with Crippen molar-refractivity contribution in [2.24, 2.45) is 4.99 Å². The minimum atomic E-state index is 0.718.